The molecule has 0 radical (unpaired) electrons. The highest BCUT2D eigenvalue weighted by Gasteiger charge is 2.10. The van der Waals surface area contributed by atoms with E-state index in [0.29, 0.717) is 11.9 Å². The molecule has 1 heterocycles. The van der Waals surface area contributed by atoms with Crippen LogP contribution in [0.4, 0.5) is 17.5 Å². The van der Waals surface area contributed by atoms with Crippen LogP contribution >= 0.6 is 0 Å². The minimum atomic E-state index is 0.432. The largest absolute Gasteiger partial charge is 0.369 e. The molecule has 0 bridgehead atoms. The highest BCUT2D eigenvalue weighted by molar-refractivity contribution is 5.64. The number of hydrogen-bond acceptors (Lipinski definition) is 5. The van der Waals surface area contributed by atoms with Gasteiger partial charge in [0.1, 0.15) is 0 Å². The van der Waals surface area contributed by atoms with Gasteiger partial charge in [-0.15, -0.1) is 5.10 Å². The summed E-state index contributed by atoms with van der Waals surface area (Å²) in [6.45, 7) is 9.43. The Hall–Kier alpha value is -2.17. The van der Waals surface area contributed by atoms with Crippen molar-refractivity contribution in [3.05, 3.63) is 35.5 Å². The zero-order chi connectivity index (χ0) is 15.2. The third-order valence-corrected chi connectivity index (χ3v) is 3.28. The molecule has 2 rings (SSSR count). The lowest BCUT2D eigenvalue weighted by Gasteiger charge is -2.16. The van der Waals surface area contributed by atoms with E-state index >= 15 is 0 Å². The van der Waals surface area contributed by atoms with Crippen molar-refractivity contribution in [1.82, 2.24) is 15.2 Å². The topological polar surface area (TPSA) is 62.7 Å². The number of anilines is 3. The van der Waals surface area contributed by atoms with Crippen molar-refractivity contribution in [3.63, 3.8) is 0 Å². The number of benzene rings is 1. The van der Waals surface area contributed by atoms with Gasteiger partial charge in [0.2, 0.25) is 5.95 Å². The summed E-state index contributed by atoms with van der Waals surface area (Å²) < 4.78 is 0. The Morgan fingerprint density at radius 2 is 2.05 bits per heavy atom. The van der Waals surface area contributed by atoms with Crippen LogP contribution in [0.15, 0.2) is 24.4 Å². The van der Waals surface area contributed by atoms with E-state index in [1.807, 2.05) is 0 Å². The van der Waals surface area contributed by atoms with Gasteiger partial charge >= 0.3 is 0 Å². The van der Waals surface area contributed by atoms with Crippen molar-refractivity contribution in [1.29, 1.82) is 0 Å². The first-order valence-corrected chi connectivity index (χ1v) is 7.42. The number of aryl methyl sites for hydroxylation is 1. The Balaban J connectivity index is 2.26. The lowest BCUT2D eigenvalue weighted by molar-refractivity contribution is 0.865. The molecule has 0 saturated carbocycles. The maximum Gasteiger partial charge on any atom is 0.249 e. The van der Waals surface area contributed by atoms with Gasteiger partial charge in [0, 0.05) is 12.2 Å². The molecule has 0 amide bonds. The minimum Gasteiger partial charge on any atom is -0.369 e. The maximum atomic E-state index is 4.45. The summed E-state index contributed by atoms with van der Waals surface area (Å²) in [6, 6.07) is 6.29. The average molecular weight is 285 g/mol. The van der Waals surface area contributed by atoms with E-state index in [1.54, 1.807) is 6.20 Å². The fourth-order valence-corrected chi connectivity index (χ4v) is 2.15. The van der Waals surface area contributed by atoms with Crippen LogP contribution in [0.1, 0.15) is 44.2 Å². The number of para-hydroxylation sites is 1. The van der Waals surface area contributed by atoms with Gasteiger partial charge in [-0.3, -0.25) is 0 Å². The zero-order valence-electron chi connectivity index (χ0n) is 13.1. The van der Waals surface area contributed by atoms with Gasteiger partial charge in [0.15, 0.2) is 5.82 Å². The van der Waals surface area contributed by atoms with Crippen LogP contribution in [0, 0.1) is 6.92 Å². The maximum absolute atomic E-state index is 4.45. The first-order valence-electron chi connectivity index (χ1n) is 7.42. The fraction of sp³-hybridized carbons (Fsp3) is 0.438. The fourth-order valence-electron chi connectivity index (χ4n) is 2.15. The molecule has 2 aromatic rings. The third-order valence-electron chi connectivity index (χ3n) is 3.28. The number of rotatable bonds is 6. The molecule has 0 unspecified atom stereocenters. The number of hydrogen-bond donors (Lipinski definition) is 2. The number of nitrogens with zero attached hydrogens (tertiary/aromatic N) is 3. The van der Waals surface area contributed by atoms with Crippen molar-refractivity contribution in [2.45, 2.75) is 40.0 Å². The van der Waals surface area contributed by atoms with Crippen molar-refractivity contribution < 1.29 is 0 Å². The molecule has 5 heteroatoms. The Kier molecular flexibility index (Phi) is 5.09. The summed E-state index contributed by atoms with van der Waals surface area (Å²) in [7, 11) is 0. The smallest absolute Gasteiger partial charge is 0.249 e. The summed E-state index contributed by atoms with van der Waals surface area (Å²) in [5, 5.41) is 14.6. The number of nitrogens with one attached hydrogen (secondary N) is 2. The average Bonchev–Trinajstić information content (AvgIpc) is 2.47. The van der Waals surface area contributed by atoms with Gasteiger partial charge in [-0.25, -0.2) is 0 Å². The highest BCUT2D eigenvalue weighted by atomic mass is 15.3. The molecule has 112 valence electrons. The van der Waals surface area contributed by atoms with Crippen LogP contribution < -0.4 is 10.6 Å². The van der Waals surface area contributed by atoms with Crippen LogP contribution in [0.2, 0.25) is 0 Å². The van der Waals surface area contributed by atoms with Crippen molar-refractivity contribution >= 4 is 17.5 Å². The molecule has 1 aromatic carbocycles. The Labute approximate surface area is 126 Å². The first-order chi connectivity index (χ1) is 10.1. The minimum absolute atomic E-state index is 0.432. The van der Waals surface area contributed by atoms with E-state index in [2.05, 4.69) is 71.7 Å². The van der Waals surface area contributed by atoms with Gasteiger partial charge in [-0.05, 0) is 30.4 Å². The summed E-state index contributed by atoms with van der Waals surface area (Å²) in [6.07, 6.45) is 2.68. The van der Waals surface area contributed by atoms with Crippen molar-refractivity contribution in [3.8, 4) is 0 Å². The van der Waals surface area contributed by atoms with Crippen molar-refractivity contribution in [2.24, 2.45) is 0 Å². The normalized spacial score (nSPS) is 10.7. The van der Waals surface area contributed by atoms with E-state index in [0.717, 1.165) is 24.5 Å². The summed E-state index contributed by atoms with van der Waals surface area (Å²) >= 11 is 0. The molecule has 0 fully saturated rings. The van der Waals surface area contributed by atoms with Gasteiger partial charge in [0.25, 0.3) is 0 Å². The Morgan fingerprint density at radius 3 is 2.76 bits per heavy atom. The van der Waals surface area contributed by atoms with Gasteiger partial charge in [0.05, 0.1) is 6.20 Å². The molecular formula is C16H23N5. The summed E-state index contributed by atoms with van der Waals surface area (Å²) in [5.74, 6) is 1.70. The molecule has 0 aliphatic rings. The first kappa shape index (κ1) is 15.2. The Morgan fingerprint density at radius 1 is 1.24 bits per heavy atom. The lowest BCUT2D eigenvalue weighted by Crippen LogP contribution is -2.08. The van der Waals surface area contributed by atoms with Crippen molar-refractivity contribution in [2.75, 3.05) is 17.2 Å². The van der Waals surface area contributed by atoms with Gasteiger partial charge in [-0.1, -0.05) is 39.0 Å². The van der Waals surface area contributed by atoms with Gasteiger partial charge in [-0.2, -0.15) is 10.1 Å². The van der Waals surface area contributed by atoms with E-state index in [1.165, 1.54) is 11.1 Å². The molecule has 1 aromatic heterocycles. The predicted molar refractivity (Wildman–Crippen MR) is 87.2 cm³/mol. The molecule has 0 aliphatic carbocycles. The number of aromatic nitrogens is 3. The predicted octanol–water partition coefficient (Wildman–Crippen LogP) is 3.87. The van der Waals surface area contributed by atoms with Crippen LogP contribution in [0.5, 0.6) is 0 Å². The van der Waals surface area contributed by atoms with E-state index < -0.39 is 0 Å². The monoisotopic (exact) mass is 285 g/mol. The quantitative estimate of drug-likeness (QED) is 0.843. The molecule has 0 saturated heterocycles. The zero-order valence-corrected chi connectivity index (χ0v) is 13.1. The van der Waals surface area contributed by atoms with E-state index in [4.69, 9.17) is 0 Å². The molecule has 2 N–H and O–H groups in total. The summed E-state index contributed by atoms with van der Waals surface area (Å²) in [4.78, 5) is 4.45. The molecule has 0 aliphatic heterocycles. The van der Waals surface area contributed by atoms with E-state index in [9.17, 15) is 0 Å². The lowest BCUT2D eigenvalue weighted by atomic mass is 9.98. The second kappa shape index (κ2) is 7.02. The Bertz CT molecular complexity index is 595. The van der Waals surface area contributed by atoms with E-state index in [-0.39, 0.29) is 0 Å². The second-order valence-corrected chi connectivity index (χ2v) is 5.41. The summed E-state index contributed by atoms with van der Waals surface area (Å²) in [5.41, 5.74) is 3.50. The molecular weight excluding hydrogens is 262 g/mol. The standard InChI is InChI=1S/C16H23N5/c1-5-9-17-14-10-18-21-16(19-14)20-15-12(4)7-6-8-13(15)11(2)3/h6-8,10-11H,5,9H2,1-4H3,(H2,17,19,20,21). The molecule has 21 heavy (non-hydrogen) atoms. The van der Waals surface area contributed by atoms with Crippen LogP contribution in [0.25, 0.3) is 0 Å². The molecule has 0 atom stereocenters. The van der Waals surface area contributed by atoms with Gasteiger partial charge < -0.3 is 10.6 Å². The van der Waals surface area contributed by atoms with Crippen LogP contribution in [-0.4, -0.2) is 21.7 Å². The highest BCUT2D eigenvalue weighted by Crippen LogP contribution is 2.29. The molecule has 5 nitrogen and oxygen atoms in total. The molecule has 0 spiro atoms. The SMILES string of the molecule is CCCNc1cnnc(Nc2c(C)cccc2C(C)C)n1. The third kappa shape index (κ3) is 3.90. The van der Waals surface area contributed by atoms with Crippen LogP contribution in [-0.2, 0) is 0 Å². The second-order valence-electron chi connectivity index (χ2n) is 5.41. The van der Waals surface area contributed by atoms with Crippen LogP contribution in [0.3, 0.4) is 0 Å².